The molecule has 5 N–H and O–H groups in total. The van der Waals surface area contributed by atoms with Crippen LogP contribution in [0.25, 0.3) is 0 Å². The molecule has 2 fully saturated rings. The Morgan fingerprint density at radius 2 is 1.91 bits per heavy atom. The average molecular weight is 317 g/mol. The van der Waals surface area contributed by atoms with E-state index in [1.54, 1.807) is 12.1 Å². The zero-order chi connectivity index (χ0) is 16.4. The molecule has 3 rings (SSSR count). The summed E-state index contributed by atoms with van der Waals surface area (Å²) in [4.78, 5) is 25.2. The lowest BCUT2D eigenvalue weighted by molar-refractivity contribution is -0.368. The van der Waals surface area contributed by atoms with E-state index in [4.69, 9.17) is 0 Å². The summed E-state index contributed by atoms with van der Waals surface area (Å²) in [7, 11) is 0. The third-order valence-electron chi connectivity index (χ3n) is 5.06. The van der Waals surface area contributed by atoms with Gasteiger partial charge in [-0.3, -0.25) is 9.59 Å². The van der Waals surface area contributed by atoms with Crippen molar-refractivity contribution in [1.82, 2.24) is 5.32 Å². The van der Waals surface area contributed by atoms with Gasteiger partial charge < -0.3 is 16.2 Å². The van der Waals surface area contributed by atoms with Crippen molar-refractivity contribution in [2.45, 2.75) is 44.2 Å². The zero-order valence-corrected chi connectivity index (χ0v) is 13.3. The van der Waals surface area contributed by atoms with Crippen LogP contribution in [0, 0.1) is 11.8 Å². The molecular weight excluding hydrogens is 292 g/mol. The summed E-state index contributed by atoms with van der Waals surface area (Å²) in [6, 6.07) is 6.82. The van der Waals surface area contributed by atoms with Crippen molar-refractivity contribution in [3.63, 3.8) is 0 Å². The Balaban J connectivity index is 1.67. The molecule has 1 saturated carbocycles. The standard InChI is InChI=1S/C18H24N2O3/c19-8-2-1-3-14-15(22)10-12(18(23)17-16(14)20-17)9-11-4-6-13(21)7-5-11/h4-7,12,14,16-17,20-21H,1-3,8-10,19H2/p+1. The average Bonchev–Trinajstić information content (AvgIpc) is 3.32. The number of quaternary nitrogens is 1. The molecule has 0 bridgehead atoms. The molecule has 124 valence electrons. The molecule has 23 heavy (non-hydrogen) atoms. The van der Waals surface area contributed by atoms with Gasteiger partial charge in [0.1, 0.15) is 11.5 Å². The summed E-state index contributed by atoms with van der Waals surface area (Å²) in [6.45, 7) is 0.894. The maximum absolute atomic E-state index is 12.6. The molecule has 1 heterocycles. The van der Waals surface area contributed by atoms with E-state index >= 15 is 0 Å². The Labute approximate surface area is 136 Å². The maximum atomic E-state index is 12.6. The van der Waals surface area contributed by atoms with Crippen LogP contribution in [-0.2, 0) is 16.0 Å². The highest BCUT2D eigenvalue weighted by Gasteiger charge is 2.53. The third kappa shape index (κ3) is 3.62. The molecule has 1 saturated heterocycles. The fourth-order valence-corrected chi connectivity index (χ4v) is 3.68. The lowest BCUT2D eigenvalue weighted by atomic mass is 9.88. The highest BCUT2D eigenvalue weighted by Crippen LogP contribution is 2.35. The normalized spacial score (nSPS) is 30.0. The topological polar surface area (TPSA) is 104 Å². The van der Waals surface area contributed by atoms with Gasteiger partial charge >= 0.3 is 0 Å². The first-order chi connectivity index (χ1) is 11.1. The summed E-state index contributed by atoms with van der Waals surface area (Å²) in [5, 5.41) is 12.6. The van der Waals surface area contributed by atoms with Gasteiger partial charge in [0, 0.05) is 24.3 Å². The quantitative estimate of drug-likeness (QED) is 0.524. The van der Waals surface area contributed by atoms with Crippen LogP contribution in [0.2, 0.25) is 0 Å². The van der Waals surface area contributed by atoms with Crippen LogP contribution in [-0.4, -0.2) is 35.3 Å². The first-order valence-electron chi connectivity index (χ1n) is 8.50. The molecule has 0 amide bonds. The van der Waals surface area contributed by atoms with Gasteiger partial charge in [0.05, 0.1) is 12.6 Å². The van der Waals surface area contributed by atoms with Crippen LogP contribution in [0.1, 0.15) is 31.2 Å². The smallest absolute Gasteiger partial charge is 0.155 e. The summed E-state index contributed by atoms with van der Waals surface area (Å²) in [5.74, 6) is 0.360. The van der Waals surface area contributed by atoms with Gasteiger partial charge in [0.25, 0.3) is 0 Å². The molecule has 1 aliphatic carbocycles. The number of phenols is 1. The monoisotopic (exact) mass is 317 g/mol. The highest BCUT2D eigenvalue weighted by atomic mass is 16.3. The number of carbonyl (C=O) groups is 2. The molecule has 5 heteroatoms. The van der Waals surface area contributed by atoms with Crippen molar-refractivity contribution in [2.75, 3.05) is 6.54 Å². The van der Waals surface area contributed by atoms with Gasteiger partial charge in [0.15, 0.2) is 5.78 Å². The Hall–Kier alpha value is -1.72. The third-order valence-corrected chi connectivity index (χ3v) is 5.06. The largest absolute Gasteiger partial charge is 0.508 e. The Morgan fingerprint density at radius 1 is 1.17 bits per heavy atom. The first kappa shape index (κ1) is 16.1. The van der Waals surface area contributed by atoms with Gasteiger partial charge in [-0.05, 0) is 43.4 Å². The van der Waals surface area contributed by atoms with Crippen molar-refractivity contribution in [1.29, 1.82) is 0 Å². The summed E-state index contributed by atoms with van der Waals surface area (Å²) < 4.78 is 0. The summed E-state index contributed by atoms with van der Waals surface area (Å²) >= 11 is 0. The van der Waals surface area contributed by atoms with E-state index in [0.717, 1.165) is 31.4 Å². The van der Waals surface area contributed by atoms with E-state index in [0.29, 0.717) is 12.8 Å². The van der Waals surface area contributed by atoms with E-state index in [-0.39, 0.29) is 41.2 Å². The zero-order valence-electron chi connectivity index (χ0n) is 13.3. The highest BCUT2D eigenvalue weighted by molar-refractivity contribution is 5.98. The van der Waals surface area contributed by atoms with E-state index in [2.05, 4.69) is 11.1 Å². The van der Waals surface area contributed by atoms with Crippen molar-refractivity contribution < 1.29 is 20.4 Å². The number of aromatic hydroxyl groups is 1. The van der Waals surface area contributed by atoms with Gasteiger partial charge in [0.2, 0.25) is 0 Å². The van der Waals surface area contributed by atoms with E-state index in [1.165, 1.54) is 0 Å². The fraction of sp³-hybridized carbons (Fsp3) is 0.556. The van der Waals surface area contributed by atoms with Gasteiger partial charge in [-0.15, -0.1) is 0 Å². The number of nitrogens with one attached hydrogen (secondary N) is 1. The number of ketones is 2. The van der Waals surface area contributed by atoms with Crippen LogP contribution < -0.4 is 11.1 Å². The minimum absolute atomic E-state index is 0.0136. The summed E-state index contributed by atoms with van der Waals surface area (Å²) in [6.07, 6.45) is 3.82. The van der Waals surface area contributed by atoms with Gasteiger partial charge in [-0.1, -0.05) is 12.1 Å². The van der Waals surface area contributed by atoms with Crippen molar-refractivity contribution in [2.24, 2.45) is 11.8 Å². The van der Waals surface area contributed by atoms with Crippen LogP contribution in [0.5, 0.6) is 5.75 Å². The van der Waals surface area contributed by atoms with E-state index < -0.39 is 0 Å². The molecule has 0 radical (unpaired) electrons. The van der Waals surface area contributed by atoms with E-state index in [1.807, 2.05) is 12.1 Å². The molecule has 2 aliphatic rings. The lowest BCUT2D eigenvalue weighted by Crippen LogP contribution is -2.50. The van der Waals surface area contributed by atoms with Crippen molar-refractivity contribution in [3.8, 4) is 5.75 Å². The van der Waals surface area contributed by atoms with Gasteiger partial charge in [-0.25, -0.2) is 0 Å². The number of hydrogen-bond acceptors (Lipinski definition) is 4. The molecule has 0 spiro atoms. The SMILES string of the molecule is [NH3+]CCCCC1C(=O)CC(Cc2ccc(O)cc2)C(=O)C2NC12. The molecule has 0 aromatic heterocycles. The van der Waals surface area contributed by atoms with Gasteiger partial charge in [-0.2, -0.15) is 0 Å². The number of rotatable bonds is 6. The molecule has 1 aliphatic heterocycles. The van der Waals surface area contributed by atoms with Crippen molar-refractivity contribution in [3.05, 3.63) is 29.8 Å². The maximum Gasteiger partial charge on any atom is 0.155 e. The number of unbranched alkanes of at least 4 members (excludes halogenated alkanes) is 1. The summed E-state index contributed by atoms with van der Waals surface area (Å²) in [5.41, 5.74) is 4.83. The molecule has 5 nitrogen and oxygen atoms in total. The van der Waals surface area contributed by atoms with Crippen molar-refractivity contribution >= 4 is 11.6 Å². The Kier molecular flexibility index (Phi) is 4.78. The molecule has 1 aromatic carbocycles. The first-order valence-corrected chi connectivity index (χ1v) is 8.50. The minimum Gasteiger partial charge on any atom is -0.508 e. The van der Waals surface area contributed by atoms with E-state index in [9.17, 15) is 14.7 Å². The molecule has 1 aromatic rings. The predicted octanol–water partition coefficient (Wildman–Crippen LogP) is 0.462. The van der Waals surface area contributed by atoms with Crippen LogP contribution in [0.4, 0.5) is 0 Å². The molecular formula is C18H25N2O3+. The number of carbonyl (C=O) groups excluding carboxylic acids is 2. The Bertz CT molecular complexity index is 584. The lowest BCUT2D eigenvalue weighted by Gasteiger charge is -2.16. The number of benzene rings is 1. The molecule has 4 atom stereocenters. The number of fused-ring (bicyclic) bond motifs is 1. The predicted molar refractivity (Wildman–Crippen MR) is 85.7 cm³/mol. The number of Topliss-reactive ketones (excluding diaryl/α,β-unsaturated/α-hetero) is 2. The minimum atomic E-state index is -0.243. The number of phenolic OH excluding ortho intramolecular Hbond substituents is 1. The number of hydrogen-bond donors (Lipinski definition) is 3. The van der Waals surface area contributed by atoms with Crippen LogP contribution >= 0.6 is 0 Å². The fourth-order valence-electron chi connectivity index (χ4n) is 3.68. The second kappa shape index (κ2) is 6.81. The Morgan fingerprint density at radius 3 is 2.61 bits per heavy atom. The van der Waals surface area contributed by atoms with Crippen LogP contribution in [0.3, 0.4) is 0 Å². The second-order valence-corrected chi connectivity index (χ2v) is 6.77. The van der Waals surface area contributed by atoms with Crippen LogP contribution in [0.15, 0.2) is 24.3 Å². The molecule has 4 unspecified atom stereocenters. The second-order valence-electron chi connectivity index (χ2n) is 6.77.